The van der Waals surface area contributed by atoms with Crippen molar-refractivity contribution < 1.29 is 13.3 Å². The van der Waals surface area contributed by atoms with Gasteiger partial charge in [-0.25, -0.2) is 13.1 Å². The third-order valence-corrected chi connectivity index (χ3v) is 4.80. The Hall–Kier alpha value is -1.03. The van der Waals surface area contributed by atoms with Gasteiger partial charge >= 0.3 is 0 Å². The molecule has 1 atom stereocenters. The summed E-state index contributed by atoms with van der Waals surface area (Å²) in [6, 6.07) is 3.78. The van der Waals surface area contributed by atoms with Gasteiger partial charge in [0.15, 0.2) is 4.90 Å². The second kappa shape index (κ2) is 6.61. The minimum absolute atomic E-state index is 0.0315. The molecule has 7 nitrogen and oxygen atoms in total. The standard InChI is InChI=1S/C11H16BrN3O4S/c1-8(14(2)3)7-13-20(18,19)11-6-9(12)4-5-10(11)15(16)17/h4-6,8,13H,7H2,1-3H3. The zero-order valence-corrected chi connectivity index (χ0v) is 13.7. The Morgan fingerprint density at radius 3 is 2.55 bits per heavy atom. The number of hydrogen-bond acceptors (Lipinski definition) is 5. The van der Waals surface area contributed by atoms with Crippen LogP contribution in [-0.4, -0.2) is 44.9 Å². The number of nitrogens with zero attached hydrogens (tertiary/aromatic N) is 2. The molecule has 112 valence electrons. The van der Waals surface area contributed by atoms with Crippen LogP contribution in [0.1, 0.15) is 6.92 Å². The minimum atomic E-state index is -3.94. The van der Waals surface area contributed by atoms with Crippen molar-refractivity contribution in [3.05, 3.63) is 32.8 Å². The van der Waals surface area contributed by atoms with Gasteiger partial charge in [-0.1, -0.05) is 15.9 Å². The van der Waals surface area contributed by atoms with E-state index in [1.54, 1.807) is 0 Å². The molecule has 0 radical (unpaired) electrons. The highest BCUT2D eigenvalue weighted by molar-refractivity contribution is 9.10. The maximum Gasteiger partial charge on any atom is 0.289 e. The Morgan fingerprint density at radius 2 is 2.05 bits per heavy atom. The molecule has 0 saturated carbocycles. The van der Waals surface area contributed by atoms with E-state index in [9.17, 15) is 18.5 Å². The van der Waals surface area contributed by atoms with Crippen molar-refractivity contribution in [1.29, 1.82) is 0 Å². The normalized spacial score (nSPS) is 13.4. The third-order valence-electron chi connectivity index (χ3n) is 2.86. The van der Waals surface area contributed by atoms with Crippen LogP contribution in [-0.2, 0) is 10.0 Å². The lowest BCUT2D eigenvalue weighted by Crippen LogP contribution is -2.38. The van der Waals surface area contributed by atoms with Crippen molar-refractivity contribution in [1.82, 2.24) is 9.62 Å². The smallest absolute Gasteiger partial charge is 0.289 e. The fourth-order valence-electron chi connectivity index (χ4n) is 1.34. The Bertz CT molecular complexity index is 604. The molecule has 0 bridgehead atoms. The van der Waals surface area contributed by atoms with E-state index in [1.807, 2.05) is 25.9 Å². The number of benzene rings is 1. The Morgan fingerprint density at radius 1 is 1.45 bits per heavy atom. The number of likely N-dealkylation sites (N-methyl/N-ethyl adjacent to an activating group) is 1. The first-order valence-electron chi connectivity index (χ1n) is 5.75. The first-order chi connectivity index (χ1) is 9.15. The van der Waals surface area contributed by atoms with Crippen LogP contribution in [0.25, 0.3) is 0 Å². The van der Waals surface area contributed by atoms with Crippen molar-refractivity contribution in [2.75, 3.05) is 20.6 Å². The van der Waals surface area contributed by atoms with Gasteiger partial charge in [-0.05, 0) is 33.2 Å². The van der Waals surface area contributed by atoms with Crippen LogP contribution in [0.5, 0.6) is 0 Å². The molecule has 1 N–H and O–H groups in total. The molecular weight excluding hydrogens is 350 g/mol. The lowest BCUT2D eigenvalue weighted by molar-refractivity contribution is -0.387. The summed E-state index contributed by atoms with van der Waals surface area (Å²) in [6.07, 6.45) is 0. The van der Waals surface area contributed by atoms with Gasteiger partial charge in [0.1, 0.15) is 0 Å². The lowest BCUT2D eigenvalue weighted by atomic mass is 10.3. The van der Waals surface area contributed by atoms with Gasteiger partial charge in [0.05, 0.1) is 4.92 Å². The molecule has 0 saturated heterocycles. The van der Waals surface area contributed by atoms with E-state index in [0.29, 0.717) is 4.47 Å². The summed E-state index contributed by atoms with van der Waals surface area (Å²) < 4.78 is 27.2. The molecule has 1 unspecified atom stereocenters. The topological polar surface area (TPSA) is 92.5 Å². The van der Waals surface area contributed by atoms with Crippen molar-refractivity contribution in [3.63, 3.8) is 0 Å². The summed E-state index contributed by atoms with van der Waals surface area (Å²) in [5.41, 5.74) is -0.446. The van der Waals surface area contributed by atoms with E-state index < -0.39 is 20.6 Å². The molecule has 20 heavy (non-hydrogen) atoms. The van der Waals surface area contributed by atoms with Crippen LogP contribution in [0.2, 0.25) is 0 Å². The average molecular weight is 366 g/mol. The Kier molecular flexibility index (Phi) is 5.63. The molecule has 0 heterocycles. The lowest BCUT2D eigenvalue weighted by Gasteiger charge is -2.19. The molecule has 0 aromatic heterocycles. The van der Waals surface area contributed by atoms with Crippen molar-refractivity contribution >= 4 is 31.6 Å². The summed E-state index contributed by atoms with van der Waals surface area (Å²) in [6.45, 7) is 2.01. The van der Waals surface area contributed by atoms with Crippen LogP contribution in [0, 0.1) is 10.1 Å². The van der Waals surface area contributed by atoms with E-state index in [1.165, 1.54) is 12.1 Å². The molecular formula is C11H16BrN3O4S. The summed E-state index contributed by atoms with van der Waals surface area (Å²) >= 11 is 3.12. The van der Waals surface area contributed by atoms with Gasteiger partial charge in [0.2, 0.25) is 10.0 Å². The van der Waals surface area contributed by atoms with Gasteiger partial charge in [-0.15, -0.1) is 0 Å². The summed E-state index contributed by atoms with van der Waals surface area (Å²) in [5.74, 6) is 0. The summed E-state index contributed by atoms with van der Waals surface area (Å²) in [5, 5.41) is 10.9. The zero-order valence-electron chi connectivity index (χ0n) is 11.3. The van der Waals surface area contributed by atoms with Crippen LogP contribution in [0.3, 0.4) is 0 Å². The van der Waals surface area contributed by atoms with Gasteiger partial charge in [-0.2, -0.15) is 0 Å². The zero-order chi connectivity index (χ0) is 15.5. The highest BCUT2D eigenvalue weighted by Gasteiger charge is 2.26. The molecule has 0 spiro atoms. The maximum atomic E-state index is 12.2. The number of nitro groups is 1. The molecule has 1 aromatic rings. The highest BCUT2D eigenvalue weighted by Crippen LogP contribution is 2.27. The van der Waals surface area contributed by atoms with E-state index in [0.717, 1.165) is 6.07 Å². The van der Waals surface area contributed by atoms with Crippen molar-refractivity contribution in [2.45, 2.75) is 17.9 Å². The van der Waals surface area contributed by atoms with Crippen LogP contribution in [0.4, 0.5) is 5.69 Å². The SMILES string of the molecule is CC(CNS(=O)(=O)c1cc(Br)ccc1[N+](=O)[O-])N(C)C. The monoisotopic (exact) mass is 365 g/mol. The van der Waals surface area contributed by atoms with E-state index in [2.05, 4.69) is 20.7 Å². The van der Waals surface area contributed by atoms with E-state index in [-0.39, 0.29) is 17.5 Å². The Balaban J connectivity index is 3.09. The van der Waals surface area contributed by atoms with Gasteiger partial charge in [-0.3, -0.25) is 10.1 Å². The molecule has 1 aromatic carbocycles. The highest BCUT2D eigenvalue weighted by atomic mass is 79.9. The largest absolute Gasteiger partial charge is 0.305 e. The molecule has 9 heteroatoms. The third kappa shape index (κ3) is 4.23. The molecule has 0 aliphatic heterocycles. The molecule has 0 aliphatic rings. The average Bonchev–Trinajstić information content (AvgIpc) is 2.35. The summed E-state index contributed by atoms with van der Waals surface area (Å²) in [4.78, 5) is 11.7. The molecule has 1 rings (SSSR count). The first-order valence-corrected chi connectivity index (χ1v) is 8.03. The van der Waals surface area contributed by atoms with E-state index >= 15 is 0 Å². The first kappa shape index (κ1) is 17.0. The van der Waals surface area contributed by atoms with E-state index in [4.69, 9.17) is 0 Å². The number of nitro benzene ring substituents is 1. The number of sulfonamides is 1. The number of rotatable bonds is 6. The minimum Gasteiger partial charge on any atom is -0.305 e. The van der Waals surface area contributed by atoms with Crippen molar-refractivity contribution in [2.24, 2.45) is 0 Å². The molecule has 0 fully saturated rings. The number of nitrogens with one attached hydrogen (secondary N) is 1. The predicted octanol–water partition coefficient (Wildman–Crippen LogP) is 1.59. The maximum absolute atomic E-state index is 12.2. The second-order valence-electron chi connectivity index (χ2n) is 4.53. The fourth-order valence-corrected chi connectivity index (χ4v) is 3.17. The second-order valence-corrected chi connectivity index (χ2v) is 7.18. The van der Waals surface area contributed by atoms with Crippen LogP contribution in [0.15, 0.2) is 27.6 Å². The van der Waals surface area contributed by atoms with Crippen LogP contribution < -0.4 is 4.72 Å². The summed E-state index contributed by atoms with van der Waals surface area (Å²) in [7, 11) is -0.295. The quantitative estimate of drug-likeness (QED) is 0.610. The van der Waals surface area contributed by atoms with Gasteiger partial charge in [0.25, 0.3) is 5.69 Å². The van der Waals surface area contributed by atoms with Crippen LogP contribution >= 0.6 is 15.9 Å². The molecule has 0 amide bonds. The van der Waals surface area contributed by atoms with Gasteiger partial charge < -0.3 is 4.90 Å². The number of hydrogen-bond donors (Lipinski definition) is 1. The van der Waals surface area contributed by atoms with Gasteiger partial charge in [0, 0.05) is 23.1 Å². The number of halogens is 1. The molecule has 0 aliphatic carbocycles. The fraction of sp³-hybridized carbons (Fsp3) is 0.455. The predicted molar refractivity (Wildman–Crippen MR) is 79.1 cm³/mol. The van der Waals surface area contributed by atoms with Crippen molar-refractivity contribution in [3.8, 4) is 0 Å². The Labute approximate surface area is 126 Å².